The van der Waals surface area contributed by atoms with Crippen LogP contribution in [-0.4, -0.2) is 5.91 Å². The van der Waals surface area contributed by atoms with E-state index in [1.54, 1.807) is 24.3 Å². The van der Waals surface area contributed by atoms with E-state index in [1.165, 1.54) is 0 Å². The zero-order valence-corrected chi connectivity index (χ0v) is 12.1. The summed E-state index contributed by atoms with van der Waals surface area (Å²) in [5, 5.41) is 2.95. The van der Waals surface area contributed by atoms with Crippen LogP contribution in [0.15, 0.2) is 53.0 Å². The van der Waals surface area contributed by atoms with Crippen molar-refractivity contribution in [2.75, 3.05) is 5.73 Å². The van der Waals surface area contributed by atoms with Crippen LogP contribution in [0.1, 0.15) is 28.9 Å². The molecule has 2 aromatic carbocycles. The molecule has 3 nitrogen and oxygen atoms in total. The minimum absolute atomic E-state index is 0.0537. The average molecular weight is 319 g/mol. The van der Waals surface area contributed by atoms with E-state index in [-0.39, 0.29) is 11.9 Å². The Morgan fingerprint density at radius 3 is 2.53 bits per heavy atom. The number of anilines is 1. The molecule has 0 heterocycles. The van der Waals surface area contributed by atoms with E-state index in [1.807, 2.05) is 31.2 Å². The van der Waals surface area contributed by atoms with Gasteiger partial charge in [-0.15, -0.1) is 0 Å². The third-order valence-corrected chi connectivity index (χ3v) is 3.40. The van der Waals surface area contributed by atoms with Crippen LogP contribution in [0, 0.1) is 0 Å². The molecule has 0 aliphatic carbocycles. The maximum absolute atomic E-state index is 12.1. The van der Waals surface area contributed by atoms with E-state index >= 15 is 0 Å². The van der Waals surface area contributed by atoms with Crippen LogP contribution in [0.4, 0.5) is 5.69 Å². The Hall–Kier alpha value is -1.81. The van der Waals surface area contributed by atoms with Crippen LogP contribution in [0.5, 0.6) is 0 Å². The first-order valence-corrected chi connectivity index (χ1v) is 6.77. The predicted molar refractivity (Wildman–Crippen MR) is 80.9 cm³/mol. The van der Waals surface area contributed by atoms with E-state index in [0.29, 0.717) is 11.3 Å². The predicted octanol–water partition coefficient (Wildman–Crippen LogP) is 3.52. The molecule has 0 fully saturated rings. The van der Waals surface area contributed by atoms with Crippen molar-refractivity contribution in [2.24, 2.45) is 0 Å². The molecule has 0 aromatic heterocycles. The molecule has 0 radical (unpaired) electrons. The molecule has 19 heavy (non-hydrogen) atoms. The van der Waals surface area contributed by atoms with Gasteiger partial charge in [0.15, 0.2) is 0 Å². The molecule has 0 saturated carbocycles. The lowest BCUT2D eigenvalue weighted by Gasteiger charge is -2.14. The summed E-state index contributed by atoms with van der Waals surface area (Å²) in [6.45, 7) is 1.95. The fourth-order valence-corrected chi connectivity index (χ4v) is 2.06. The van der Waals surface area contributed by atoms with Crippen molar-refractivity contribution in [3.8, 4) is 0 Å². The minimum Gasteiger partial charge on any atom is -0.399 e. The first kappa shape index (κ1) is 13.6. The van der Waals surface area contributed by atoms with Gasteiger partial charge < -0.3 is 11.1 Å². The highest BCUT2D eigenvalue weighted by molar-refractivity contribution is 9.10. The van der Waals surface area contributed by atoms with Gasteiger partial charge >= 0.3 is 0 Å². The number of nitrogens with two attached hydrogens (primary N) is 1. The highest BCUT2D eigenvalue weighted by Crippen LogP contribution is 2.17. The number of halogens is 1. The molecule has 0 spiro atoms. The molecular weight excluding hydrogens is 304 g/mol. The Morgan fingerprint density at radius 1 is 1.21 bits per heavy atom. The quantitative estimate of drug-likeness (QED) is 0.851. The van der Waals surface area contributed by atoms with E-state index in [2.05, 4.69) is 21.2 Å². The lowest BCUT2D eigenvalue weighted by atomic mass is 10.1. The molecule has 4 heteroatoms. The van der Waals surface area contributed by atoms with Gasteiger partial charge in [0, 0.05) is 15.7 Å². The van der Waals surface area contributed by atoms with Crippen molar-refractivity contribution < 1.29 is 4.79 Å². The molecule has 2 rings (SSSR count). The maximum Gasteiger partial charge on any atom is 0.251 e. The second-order valence-electron chi connectivity index (χ2n) is 4.37. The third kappa shape index (κ3) is 3.58. The fourth-order valence-electron chi connectivity index (χ4n) is 1.79. The van der Waals surface area contributed by atoms with Gasteiger partial charge in [-0.05, 0) is 42.8 Å². The van der Waals surface area contributed by atoms with Crippen molar-refractivity contribution in [1.29, 1.82) is 0 Å². The lowest BCUT2D eigenvalue weighted by molar-refractivity contribution is 0.0940. The molecule has 0 unspecified atom stereocenters. The largest absolute Gasteiger partial charge is 0.399 e. The molecule has 1 amide bonds. The van der Waals surface area contributed by atoms with Gasteiger partial charge in [0.05, 0.1) is 6.04 Å². The Bertz CT molecular complexity index is 581. The molecule has 0 aliphatic heterocycles. The zero-order chi connectivity index (χ0) is 13.8. The van der Waals surface area contributed by atoms with Crippen LogP contribution in [-0.2, 0) is 0 Å². The van der Waals surface area contributed by atoms with Crippen molar-refractivity contribution in [3.63, 3.8) is 0 Å². The Balaban J connectivity index is 2.08. The number of hydrogen-bond donors (Lipinski definition) is 2. The molecule has 0 aliphatic rings. The SMILES string of the molecule is C[C@@H](NC(=O)c1cccc(N)c1)c1ccc(Br)cc1. The standard InChI is InChI=1S/C15H15BrN2O/c1-10(11-5-7-13(16)8-6-11)18-15(19)12-3-2-4-14(17)9-12/h2-10H,17H2,1H3,(H,18,19)/t10-/m1/s1. The summed E-state index contributed by atoms with van der Waals surface area (Å²) in [5.74, 6) is -0.122. The number of hydrogen-bond acceptors (Lipinski definition) is 2. The highest BCUT2D eigenvalue weighted by Gasteiger charge is 2.11. The summed E-state index contributed by atoms with van der Waals surface area (Å²) < 4.78 is 1.02. The monoisotopic (exact) mass is 318 g/mol. The molecule has 98 valence electrons. The van der Waals surface area contributed by atoms with E-state index < -0.39 is 0 Å². The highest BCUT2D eigenvalue weighted by atomic mass is 79.9. The van der Waals surface area contributed by atoms with Gasteiger partial charge in [0.25, 0.3) is 5.91 Å². The second kappa shape index (κ2) is 5.89. The molecule has 2 aromatic rings. The van der Waals surface area contributed by atoms with Crippen LogP contribution >= 0.6 is 15.9 Å². The number of rotatable bonds is 3. The van der Waals surface area contributed by atoms with Crippen molar-refractivity contribution in [1.82, 2.24) is 5.32 Å². The Labute approximate surface area is 121 Å². The Morgan fingerprint density at radius 2 is 1.89 bits per heavy atom. The first-order valence-electron chi connectivity index (χ1n) is 5.98. The van der Waals surface area contributed by atoms with E-state index in [4.69, 9.17) is 5.73 Å². The van der Waals surface area contributed by atoms with Crippen LogP contribution < -0.4 is 11.1 Å². The van der Waals surface area contributed by atoms with Gasteiger partial charge in [0.1, 0.15) is 0 Å². The normalized spacial score (nSPS) is 11.9. The zero-order valence-electron chi connectivity index (χ0n) is 10.6. The van der Waals surface area contributed by atoms with Gasteiger partial charge in [-0.2, -0.15) is 0 Å². The molecule has 3 N–H and O–H groups in total. The molecule has 1 atom stereocenters. The van der Waals surface area contributed by atoms with Crippen molar-refractivity contribution in [2.45, 2.75) is 13.0 Å². The van der Waals surface area contributed by atoms with Gasteiger partial charge in [0.2, 0.25) is 0 Å². The summed E-state index contributed by atoms with van der Waals surface area (Å²) in [4.78, 5) is 12.1. The van der Waals surface area contributed by atoms with Gasteiger partial charge in [-0.3, -0.25) is 4.79 Å². The number of benzene rings is 2. The number of carbonyl (C=O) groups is 1. The number of amides is 1. The Kier molecular flexibility index (Phi) is 4.22. The smallest absolute Gasteiger partial charge is 0.251 e. The molecule has 0 saturated heterocycles. The summed E-state index contributed by atoms with van der Waals surface area (Å²) >= 11 is 3.39. The van der Waals surface area contributed by atoms with E-state index in [0.717, 1.165) is 10.0 Å². The summed E-state index contributed by atoms with van der Waals surface area (Å²) in [6, 6.07) is 14.8. The fraction of sp³-hybridized carbons (Fsp3) is 0.133. The summed E-state index contributed by atoms with van der Waals surface area (Å²) in [5.41, 5.74) is 7.89. The van der Waals surface area contributed by atoms with Gasteiger partial charge in [-0.1, -0.05) is 34.1 Å². The van der Waals surface area contributed by atoms with Gasteiger partial charge in [-0.25, -0.2) is 0 Å². The first-order chi connectivity index (χ1) is 9.06. The topological polar surface area (TPSA) is 55.1 Å². The summed E-state index contributed by atoms with van der Waals surface area (Å²) in [6.07, 6.45) is 0. The number of carbonyl (C=O) groups excluding carboxylic acids is 1. The van der Waals surface area contributed by atoms with Crippen LogP contribution in [0.25, 0.3) is 0 Å². The molecular formula is C15H15BrN2O. The average Bonchev–Trinajstić information content (AvgIpc) is 2.39. The third-order valence-electron chi connectivity index (χ3n) is 2.87. The van der Waals surface area contributed by atoms with E-state index in [9.17, 15) is 4.79 Å². The lowest BCUT2D eigenvalue weighted by Crippen LogP contribution is -2.26. The minimum atomic E-state index is -0.122. The van der Waals surface area contributed by atoms with Crippen molar-refractivity contribution >= 4 is 27.5 Å². The van der Waals surface area contributed by atoms with Crippen molar-refractivity contribution in [3.05, 3.63) is 64.1 Å². The molecule has 0 bridgehead atoms. The van der Waals surface area contributed by atoms with Crippen LogP contribution in [0.2, 0.25) is 0 Å². The second-order valence-corrected chi connectivity index (χ2v) is 5.29. The number of nitrogens with one attached hydrogen (secondary N) is 1. The maximum atomic E-state index is 12.1. The number of nitrogen functional groups attached to an aromatic ring is 1. The summed E-state index contributed by atoms with van der Waals surface area (Å²) in [7, 11) is 0. The van der Waals surface area contributed by atoms with Crippen LogP contribution in [0.3, 0.4) is 0 Å².